The summed E-state index contributed by atoms with van der Waals surface area (Å²) in [5.41, 5.74) is -0.394. The second-order valence-corrected chi connectivity index (χ2v) is 5.28. The normalized spacial score (nSPS) is 11.3. The number of aromatic nitrogens is 3. The van der Waals surface area contributed by atoms with Crippen molar-refractivity contribution in [1.82, 2.24) is 19.9 Å². The van der Waals surface area contributed by atoms with E-state index >= 15 is 0 Å². The van der Waals surface area contributed by atoms with Gasteiger partial charge in [0.25, 0.3) is 0 Å². The number of hydrogen-bond donors (Lipinski definition) is 1. The zero-order valence-corrected chi connectivity index (χ0v) is 11.5. The third-order valence-corrected chi connectivity index (χ3v) is 2.69. The van der Waals surface area contributed by atoms with Gasteiger partial charge < -0.3 is 10.0 Å². The highest BCUT2D eigenvalue weighted by molar-refractivity contribution is 5.77. The van der Waals surface area contributed by atoms with E-state index in [-0.39, 0.29) is 25.3 Å². The van der Waals surface area contributed by atoms with Crippen LogP contribution in [0.15, 0.2) is 12.4 Å². The van der Waals surface area contributed by atoms with E-state index in [0.717, 1.165) is 0 Å². The van der Waals surface area contributed by atoms with Gasteiger partial charge in [-0.2, -0.15) is 0 Å². The molecular formula is C12H20N4O3. The molecule has 0 bridgehead atoms. The summed E-state index contributed by atoms with van der Waals surface area (Å²) >= 11 is 0. The highest BCUT2D eigenvalue weighted by Gasteiger charge is 2.26. The van der Waals surface area contributed by atoms with Gasteiger partial charge in [0.1, 0.15) is 0 Å². The summed E-state index contributed by atoms with van der Waals surface area (Å²) < 4.78 is 1.58. The Morgan fingerprint density at radius 2 is 2.00 bits per heavy atom. The smallest absolute Gasteiger partial charge is 0.305 e. The van der Waals surface area contributed by atoms with Gasteiger partial charge in [-0.3, -0.25) is 14.3 Å². The van der Waals surface area contributed by atoms with Crippen molar-refractivity contribution in [3.05, 3.63) is 12.4 Å². The van der Waals surface area contributed by atoms with Gasteiger partial charge in [-0.25, -0.2) is 0 Å². The number of hydrogen-bond acceptors (Lipinski definition) is 4. The topological polar surface area (TPSA) is 88.3 Å². The van der Waals surface area contributed by atoms with E-state index < -0.39 is 11.5 Å². The molecule has 0 spiro atoms. The fourth-order valence-corrected chi connectivity index (χ4v) is 1.74. The molecule has 0 saturated heterocycles. The van der Waals surface area contributed by atoms with Gasteiger partial charge in [-0.1, -0.05) is 5.21 Å². The van der Waals surface area contributed by atoms with Crippen LogP contribution < -0.4 is 0 Å². The summed E-state index contributed by atoms with van der Waals surface area (Å²) in [6.45, 7) is 6.33. The lowest BCUT2D eigenvalue weighted by Gasteiger charge is -2.35. The Labute approximate surface area is 112 Å². The van der Waals surface area contributed by atoms with Gasteiger partial charge in [0, 0.05) is 24.7 Å². The van der Waals surface area contributed by atoms with E-state index in [2.05, 4.69) is 10.3 Å². The maximum absolute atomic E-state index is 12.2. The molecule has 0 atom stereocenters. The second-order valence-electron chi connectivity index (χ2n) is 5.28. The summed E-state index contributed by atoms with van der Waals surface area (Å²) in [6, 6.07) is 0. The minimum atomic E-state index is -0.904. The summed E-state index contributed by atoms with van der Waals surface area (Å²) in [5, 5.41) is 16.2. The molecule has 1 rings (SSSR count). The first-order chi connectivity index (χ1) is 8.80. The van der Waals surface area contributed by atoms with Crippen LogP contribution in [0.5, 0.6) is 0 Å². The number of amides is 1. The number of carbonyl (C=O) groups is 2. The molecule has 1 amide bonds. The van der Waals surface area contributed by atoms with Gasteiger partial charge >= 0.3 is 5.97 Å². The van der Waals surface area contributed by atoms with Crippen molar-refractivity contribution >= 4 is 11.9 Å². The Morgan fingerprint density at radius 1 is 1.32 bits per heavy atom. The molecule has 0 fully saturated rings. The van der Waals surface area contributed by atoms with E-state index in [1.807, 2.05) is 20.8 Å². The average Bonchev–Trinajstić information content (AvgIpc) is 2.76. The number of carboxylic acid groups (broad SMARTS) is 1. The van der Waals surface area contributed by atoms with Crippen LogP contribution in [-0.2, 0) is 16.1 Å². The van der Waals surface area contributed by atoms with E-state index in [9.17, 15) is 9.59 Å². The lowest BCUT2D eigenvalue weighted by molar-refractivity contribution is -0.140. The Kier molecular flexibility index (Phi) is 5.02. The number of aliphatic carboxylic acids is 1. The largest absolute Gasteiger partial charge is 0.481 e. The standard InChI is InChI=1S/C12H20N4O3/c1-12(2,3)16(8-5-11(18)19)10(17)4-7-15-9-6-13-14-15/h6,9H,4-5,7-8H2,1-3H3,(H,18,19). The lowest BCUT2D eigenvalue weighted by atomic mass is 10.0. The Morgan fingerprint density at radius 3 is 2.47 bits per heavy atom. The fourth-order valence-electron chi connectivity index (χ4n) is 1.74. The van der Waals surface area contributed by atoms with E-state index in [1.165, 1.54) is 0 Å². The third-order valence-electron chi connectivity index (χ3n) is 2.69. The minimum absolute atomic E-state index is 0.0493. The van der Waals surface area contributed by atoms with Crippen LogP contribution in [0.4, 0.5) is 0 Å². The number of rotatable bonds is 6. The summed E-state index contributed by atoms with van der Waals surface area (Å²) in [5.74, 6) is -0.984. The molecule has 0 aliphatic carbocycles. The molecule has 0 saturated carbocycles. The zero-order chi connectivity index (χ0) is 14.5. The van der Waals surface area contributed by atoms with Gasteiger partial charge in [0.2, 0.25) is 5.91 Å². The first-order valence-electron chi connectivity index (χ1n) is 6.17. The van der Waals surface area contributed by atoms with Crippen LogP contribution >= 0.6 is 0 Å². The van der Waals surface area contributed by atoms with Crippen LogP contribution in [0.2, 0.25) is 0 Å². The van der Waals surface area contributed by atoms with Crippen molar-refractivity contribution in [2.75, 3.05) is 6.54 Å². The number of carboxylic acids is 1. The highest BCUT2D eigenvalue weighted by Crippen LogP contribution is 2.15. The van der Waals surface area contributed by atoms with Crippen LogP contribution in [0.3, 0.4) is 0 Å². The highest BCUT2D eigenvalue weighted by atomic mass is 16.4. The molecule has 0 aliphatic rings. The zero-order valence-electron chi connectivity index (χ0n) is 11.5. The lowest BCUT2D eigenvalue weighted by Crippen LogP contribution is -2.46. The Balaban J connectivity index is 2.58. The van der Waals surface area contributed by atoms with E-state index in [0.29, 0.717) is 6.54 Å². The summed E-state index contributed by atoms with van der Waals surface area (Å²) in [6.07, 6.45) is 3.47. The minimum Gasteiger partial charge on any atom is -0.481 e. The maximum Gasteiger partial charge on any atom is 0.305 e. The third kappa shape index (κ3) is 5.07. The van der Waals surface area contributed by atoms with Gasteiger partial charge in [0.15, 0.2) is 0 Å². The maximum atomic E-state index is 12.2. The molecule has 0 aromatic carbocycles. The second kappa shape index (κ2) is 6.31. The van der Waals surface area contributed by atoms with Crippen molar-refractivity contribution < 1.29 is 14.7 Å². The van der Waals surface area contributed by atoms with Crippen molar-refractivity contribution in [2.24, 2.45) is 0 Å². The van der Waals surface area contributed by atoms with Crippen molar-refractivity contribution in [2.45, 2.75) is 45.7 Å². The molecular weight excluding hydrogens is 248 g/mol. The summed E-state index contributed by atoms with van der Waals surface area (Å²) in [4.78, 5) is 24.4. The molecule has 1 heterocycles. The number of aryl methyl sites for hydroxylation is 1. The molecule has 0 aliphatic heterocycles. The molecule has 19 heavy (non-hydrogen) atoms. The Bertz CT molecular complexity index is 423. The predicted molar refractivity (Wildman–Crippen MR) is 68.4 cm³/mol. The Hall–Kier alpha value is -1.92. The fraction of sp³-hybridized carbons (Fsp3) is 0.667. The van der Waals surface area contributed by atoms with Gasteiger partial charge in [-0.05, 0) is 20.8 Å². The van der Waals surface area contributed by atoms with Crippen LogP contribution in [0.25, 0.3) is 0 Å². The van der Waals surface area contributed by atoms with Crippen LogP contribution in [-0.4, -0.2) is 49.0 Å². The SMILES string of the molecule is CC(C)(C)N(CCC(=O)O)C(=O)CCn1ccnn1. The van der Waals surface area contributed by atoms with E-state index in [4.69, 9.17) is 5.11 Å². The first-order valence-corrected chi connectivity index (χ1v) is 6.17. The molecule has 106 valence electrons. The number of carbonyl (C=O) groups excluding carboxylic acids is 1. The molecule has 7 nitrogen and oxygen atoms in total. The number of nitrogens with zero attached hydrogens (tertiary/aromatic N) is 4. The van der Waals surface area contributed by atoms with E-state index in [1.54, 1.807) is 22.0 Å². The van der Waals surface area contributed by atoms with Gasteiger partial charge in [-0.15, -0.1) is 5.10 Å². The van der Waals surface area contributed by atoms with Crippen molar-refractivity contribution in [3.63, 3.8) is 0 Å². The molecule has 1 N–H and O–H groups in total. The average molecular weight is 268 g/mol. The monoisotopic (exact) mass is 268 g/mol. The molecule has 1 aromatic heterocycles. The summed E-state index contributed by atoms with van der Waals surface area (Å²) in [7, 11) is 0. The quantitative estimate of drug-likeness (QED) is 0.823. The van der Waals surface area contributed by atoms with Crippen LogP contribution in [0, 0.1) is 0 Å². The predicted octanol–water partition coefficient (Wildman–Crippen LogP) is 0.770. The molecule has 1 aromatic rings. The first kappa shape index (κ1) is 15.1. The van der Waals surface area contributed by atoms with Crippen molar-refractivity contribution in [3.8, 4) is 0 Å². The van der Waals surface area contributed by atoms with Gasteiger partial charge in [0.05, 0.1) is 19.2 Å². The van der Waals surface area contributed by atoms with Crippen LogP contribution in [0.1, 0.15) is 33.6 Å². The van der Waals surface area contributed by atoms with Crippen molar-refractivity contribution in [1.29, 1.82) is 0 Å². The molecule has 0 radical (unpaired) electrons. The molecule has 0 unspecified atom stereocenters. The molecule has 7 heteroatoms.